The highest BCUT2D eigenvalue weighted by Crippen LogP contribution is 2.33. The van der Waals surface area contributed by atoms with Gasteiger partial charge in [-0.2, -0.15) is 13.2 Å². The molecule has 0 aliphatic carbocycles. The van der Waals surface area contributed by atoms with Crippen molar-refractivity contribution in [2.45, 2.75) is 45.3 Å². The highest BCUT2D eigenvalue weighted by molar-refractivity contribution is 6.09. The molecule has 0 aliphatic rings. The third-order valence-electron chi connectivity index (χ3n) is 7.38. The number of alkyl halides is 3. The molecule has 0 fully saturated rings. The number of benzene rings is 3. The van der Waals surface area contributed by atoms with Gasteiger partial charge in [-0.05, 0) is 41.3 Å². The van der Waals surface area contributed by atoms with E-state index >= 15 is 0 Å². The summed E-state index contributed by atoms with van der Waals surface area (Å²) in [6.45, 7) is 2.67. The molecule has 2 atom stereocenters. The Kier molecular flexibility index (Phi) is 7.83. The number of aliphatic hydroxyl groups excluding tert-OH is 1. The standard InChI is InChI=1S/C32H30F3N3O4/c1-19(2)28(30(41)32(33,34)35)36-27(40)18-38-26(21-11-7-4-8-12-21)16-24-23-15-22(39)13-14-25(23)37(29(24)31(38)42)17-20-9-5-3-6-10-20/h3-16,19,28,30,39,41H,17-18H2,1-2H3,(H,36,40). The minimum Gasteiger partial charge on any atom is -0.508 e. The number of aliphatic hydroxyl groups is 1. The van der Waals surface area contributed by atoms with Gasteiger partial charge < -0.3 is 20.1 Å². The zero-order valence-electron chi connectivity index (χ0n) is 23.0. The van der Waals surface area contributed by atoms with Crippen LogP contribution < -0.4 is 10.9 Å². The van der Waals surface area contributed by atoms with Gasteiger partial charge in [0.05, 0.1) is 11.7 Å². The van der Waals surface area contributed by atoms with E-state index in [1.807, 2.05) is 34.9 Å². The van der Waals surface area contributed by atoms with E-state index in [1.165, 1.54) is 24.5 Å². The minimum atomic E-state index is -4.93. The Labute approximate surface area is 239 Å². The first-order chi connectivity index (χ1) is 20.0. The molecule has 218 valence electrons. The fraction of sp³-hybridized carbons (Fsp3) is 0.250. The molecule has 3 N–H and O–H groups in total. The molecular formula is C32H30F3N3O4. The van der Waals surface area contributed by atoms with E-state index in [-0.39, 0.29) is 11.3 Å². The van der Waals surface area contributed by atoms with E-state index < -0.39 is 42.3 Å². The van der Waals surface area contributed by atoms with Crippen LogP contribution in [0.2, 0.25) is 0 Å². The van der Waals surface area contributed by atoms with Crippen molar-refractivity contribution in [2.24, 2.45) is 5.92 Å². The van der Waals surface area contributed by atoms with Crippen molar-refractivity contribution in [1.29, 1.82) is 0 Å². The summed E-state index contributed by atoms with van der Waals surface area (Å²) < 4.78 is 43.1. The maximum Gasteiger partial charge on any atom is 0.416 e. The first kappa shape index (κ1) is 28.9. The number of amides is 1. The number of pyridine rings is 1. The number of aromatic nitrogens is 2. The number of hydrogen-bond donors (Lipinski definition) is 3. The summed E-state index contributed by atoms with van der Waals surface area (Å²) in [4.78, 5) is 27.5. The second kappa shape index (κ2) is 11.4. The van der Waals surface area contributed by atoms with Gasteiger partial charge in [-0.3, -0.25) is 14.2 Å². The molecule has 0 saturated carbocycles. The topological polar surface area (TPSA) is 96.5 Å². The van der Waals surface area contributed by atoms with E-state index in [9.17, 15) is 33.0 Å². The average molecular weight is 578 g/mol. The van der Waals surface area contributed by atoms with E-state index in [4.69, 9.17) is 0 Å². The molecule has 0 saturated heterocycles. The number of aromatic hydroxyl groups is 1. The molecule has 3 aromatic carbocycles. The van der Waals surface area contributed by atoms with Gasteiger partial charge in [0.25, 0.3) is 5.56 Å². The maximum absolute atomic E-state index is 14.3. The maximum atomic E-state index is 14.3. The summed E-state index contributed by atoms with van der Waals surface area (Å²) in [5, 5.41) is 23.7. The first-order valence-corrected chi connectivity index (χ1v) is 13.5. The Morgan fingerprint density at radius 2 is 1.55 bits per heavy atom. The molecule has 5 rings (SSSR count). The molecule has 0 bridgehead atoms. The Balaban J connectivity index is 1.70. The second-order valence-electron chi connectivity index (χ2n) is 10.6. The first-order valence-electron chi connectivity index (χ1n) is 13.5. The Bertz CT molecular complexity index is 1800. The fourth-order valence-electron chi connectivity index (χ4n) is 5.32. The highest BCUT2D eigenvalue weighted by atomic mass is 19.4. The Morgan fingerprint density at radius 1 is 0.905 bits per heavy atom. The molecule has 2 heterocycles. The summed E-state index contributed by atoms with van der Waals surface area (Å²) in [5.41, 5.74) is 2.36. The van der Waals surface area contributed by atoms with Gasteiger partial charge in [0.1, 0.15) is 17.8 Å². The molecule has 42 heavy (non-hydrogen) atoms. The van der Waals surface area contributed by atoms with Crippen LogP contribution in [-0.4, -0.2) is 43.6 Å². The van der Waals surface area contributed by atoms with Gasteiger partial charge in [0, 0.05) is 22.8 Å². The van der Waals surface area contributed by atoms with Crippen LogP contribution in [0.4, 0.5) is 13.2 Å². The third kappa shape index (κ3) is 5.62. The van der Waals surface area contributed by atoms with Gasteiger partial charge in [-0.25, -0.2) is 0 Å². The number of nitrogens with zero attached hydrogens (tertiary/aromatic N) is 2. The Hall–Kier alpha value is -4.57. The summed E-state index contributed by atoms with van der Waals surface area (Å²) >= 11 is 0. The van der Waals surface area contributed by atoms with Crippen molar-refractivity contribution in [1.82, 2.24) is 14.5 Å². The number of fused-ring (bicyclic) bond motifs is 3. The van der Waals surface area contributed by atoms with Crippen molar-refractivity contribution >= 4 is 27.7 Å². The van der Waals surface area contributed by atoms with Gasteiger partial charge >= 0.3 is 6.18 Å². The molecular weight excluding hydrogens is 547 g/mol. The molecule has 0 aliphatic heterocycles. The lowest BCUT2D eigenvalue weighted by Gasteiger charge is -2.29. The number of hydrogen-bond acceptors (Lipinski definition) is 4. The molecule has 0 spiro atoms. The number of carbonyl (C=O) groups excluding carboxylic acids is 1. The molecule has 10 heteroatoms. The lowest BCUT2D eigenvalue weighted by atomic mass is 9.98. The third-order valence-corrected chi connectivity index (χ3v) is 7.38. The second-order valence-corrected chi connectivity index (χ2v) is 10.6. The summed E-state index contributed by atoms with van der Waals surface area (Å²) in [6, 6.07) is 23.3. The average Bonchev–Trinajstić information content (AvgIpc) is 3.25. The summed E-state index contributed by atoms with van der Waals surface area (Å²) in [5.74, 6) is -1.56. The van der Waals surface area contributed by atoms with E-state index in [1.54, 1.807) is 48.5 Å². The SMILES string of the molecule is CC(C)C(NC(=O)Cn1c(-c2ccccc2)cc2c3cc(O)ccc3n(Cc3ccccc3)c2c1=O)C(O)C(F)(F)F. The van der Waals surface area contributed by atoms with Crippen molar-refractivity contribution in [3.05, 3.63) is 101 Å². The highest BCUT2D eigenvalue weighted by Gasteiger charge is 2.45. The van der Waals surface area contributed by atoms with Crippen LogP contribution >= 0.6 is 0 Å². The number of nitrogens with one attached hydrogen (secondary N) is 1. The molecule has 0 radical (unpaired) electrons. The van der Waals surface area contributed by atoms with E-state index in [2.05, 4.69) is 5.32 Å². The van der Waals surface area contributed by atoms with Crippen LogP contribution in [-0.2, 0) is 17.9 Å². The zero-order valence-corrected chi connectivity index (χ0v) is 23.0. The molecule has 2 unspecified atom stereocenters. The van der Waals surface area contributed by atoms with Gasteiger partial charge in [0.15, 0.2) is 6.10 Å². The lowest BCUT2D eigenvalue weighted by molar-refractivity contribution is -0.215. The van der Waals surface area contributed by atoms with Crippen LogP contribution in [0.15, 0.2) is 89.7 Å². The van der Waals surface area contributed by atoms with Crippen molar-refractivity contribution in [2.75, 3.05) is 0 Å². The molecule has 2 aromatic heterocycles. The predicted molar refractivity (Wildman–Crippen MR) is 155 cm³/mol. The van der Waals surface area contributed by atoms with Gasteiger partial charge in [-0.1, -0.05) is 74.5 Å². The number of carbonyl (C=O) groups is 1. The molecule has 1 amide bonds. The quantitative estimate of drug-likeness (QED) is 0.229. The van der Waals surface area contributed by atoms with Crippen LogP contribution in [0.3, 0.4) is 0 Å². The summed E-state index contributed by atoms with van der Waals surface area (Å²) in [7, 11) is 0. The largest absolute Gasteiger partial charge is 0.508 e. The molecule has 5 aromatic rings. The lowest BCUT2D eigenvalue weighted by Crippen LogP contribution is -2.53. The molecule has 7 nitrogen and oxygen atoms in total. The van der Waals surface area contributed by atoms with Gasteiger partial charge in [-0.15, -0.1) is 0 Å². The van der Waals surface area contributed by atoms with Crippen LogP contribution in [0.5, 0.6) is 5.75 Å². The van der Waals surface area contributed by atoms with Crippen molar-refractivity contribution in [3.8, 4) is 17.0 Å². The predicted octanol–water partition coefficient (Wildman–Crippen LogP) is 5.44. The van der Waals surface area contributed by atoms with E-state index in [0.717, 1.165) is 5.56 Å². The van der Waals surface area contributed by atoms with Crippen LogP contribution in [0.25, 0.3) is 33.1 Å². The number of phenols is 1. The van der Waals surface area contributed by atoms with Crippen LogP contribution in [0.1, 0.15) is 19.4 Å². The number of phenolic OH excluding ortho intramolecular Hbond substituents is 1. The van der Waals surface area contributed by atoms with Crippen molar-refractivity contribution in [3.63, 3.8) is 0 Å². The van der Waals surface area contributed by atoms with Crippen molar-refractivity contribution < 1.29 is 28.2 Å². The smallest absolute Gasteiger partial charge is 0.416 e. The zero-order chi connectivity index (χ0) is 30.2. The normalized spacial score (nSPS) is 13.5. The monoisotopic (exact) mass is 577 g/mol. The van der Waals surface area contributed by atoms with Gasteiger partial charge in [0.2, 0.25) is 5.91 Å². The number of rotatable bonds is 8. The fourth-order valence-corrected chi connectivity index (χ4v) is 5.32. The minimum absolute atomic E-state index is 0.0222. The summed E-state index contributed by atoms with van der Waals surface area (Å²) in [6.07, 6.45) is -7.70. The Morgan fingerprint density at radius 3 is 2.17 bits per heavy atom. The van der Waals surface area contributed by atoms with Crippen LogP contribution in [0, 0.1) is 5.92 Å². The number of halogens is 3. The van der Waals surface area contributed by atoms with E-state index in [0.29, 0.717) is 34.1 Å².